The van der Waals surface area contributed by atoms with Gasteiger partial charge in [0.05, 0.1) is 7.11 Å². The van der Waals surface area contributed by atoms with Crippen LogP contribution in [0.4, 0.5) is 4.79 Å². The van der Waals surface area contributed by atoms with Crippen LogP contribution in [0.3, 0.4) is 0 Å². The van der Waals surface area contributed by atoms with E-state index in [1.807, 2.05) is 18.2 Å². The summed E-state index contributed by atoms with van der Waals surface area (Å²) in [4.78, 5) is 24.0. The molecular weight excluding hydrogens is 311 g/mol. The first-order chi connectivity index (χ1) is 11.2. The van der Waals surface area contributed by atoms with Gasteiger partial charge in [0.1, 0.15) is 11.6 Å². The van der Waals surface area contributed by atoms with Crippen LogP contribution in [0.5, 0.6) is 0 Å². The van der Waals surface area contributed by atoms with Crippen molar-refractivity contribution in [3.63, 3.8) is 0 Å². The normalized spacial score (nSPS) is 14.8. The number of alkyl carbamates (subject to hydrolysis) is 1. The molecule has 2 rings (SSSR count). The molecule has 0 saturated carbocycles. The summed E-state index contributed by atoms with van der Waals surface area (Å²) >= 11 is 0. The van der Waals surface area contributed by atoms with Crippen LogP contribution in [0, 0.1) is 0 Å². The minimum Gasteiger partial charge on any atom is -0.467 e. The van der Waals surface area contributed by atoms with Crippen LogP contribution in [0.25, 0.3) is 0 Å². The molecule has 7 nitrogen and oxygen atoms in total. The monoisotopic (exact) mass is 334 g/mol. The van der Waals surface area contributed by atoms with Crippen molar-refractivity contribution in [1.82, 2.24) is 10.5 Å². The number of benzene rings is 1. The largest absolute Gasteiger partial charge is 0.467 e. The number of ether oxygens (including phenoxy) is 2. The third kappa shape index (κ3) is 4.49. The van der Waals surface area contributed by atoms with Crippen LogP contribution < -0.4 is 16.0 Å². The number of fused-ring (bicyclic) bond motifs is 1. The lowest BCUT2D eigenvalue weighted by Crippen LogP contribution is -2.45. The summed E-state index contributed by atoms with van der Waals surface area (Å²) < 4.78 is 9.98. The smallest absolute Gasteiger partial charge is 0.413 e. The van der Waals surface area contributed by atoms with E-state index in [9.17, 15) is 14.6 Å². The van der Waals surface area contributed by atoms with Gasteiger partial charge in [0.25, 0.3) is 0 Å². The number of hydrogen-bond donors (Lipinski definition) is 3. The number of methoxy groups -OCH3 is 1. The Morgan fingerprint density at radius 2 is 2.12 bits per heavy atom. The Morgan fingerprint density at radius 3 is 2.75 bits per heavy atom. The minimum atomic E-state index is -0.867. The fraction of sp³-hybridized carbons (Fsp3) is 0.500. The summed E-state index contributed by atoms with van der Waals surface area (Å²) in [6.45, 7) is 5.75. The Morgan fingerprint density at radius 1 is 1.42 bits per heavy atom. The number of nitrogens with one attached hydrogen (secondary N) is 2. The highest BCUT2D eigenvalue weighted by atomic mass is 16.6. The molecule has 3 N–H and O–H groups in total. The number of carbonyl (C=O) groups is 2. The SMILES string of the molecule is COC(=O)[C@H](Cc1cccc2c1CNB2O)NC(=O)OC(C)(C)C. The van der Waals surface area contributed by atoms with E-state index in [-0.39, 0.29) is 6.42 Å². The molecule has 0 unspecified atom stereocenters. The van der Waals surface area contributed by atoms with Crippen molar-refractivity contribution in [2.75, 3.05) is 7.11 Å². The lowest BCUT2D eigenvalue weighted by atomic mass is 9.75. The van der Waals surface area contributed by atoms with Gasteiger partial charge in [0.15, 0.2) is 0 Å². The maximum atomic E-state index is 12.0. The first-order valence-corrected chi connectivity index (χ1v) is 7.80. The lowest BCUT2D eigenvalue weighted by Gasteiger charge is -2.23. The summed E-state index contributed by atoms with van der Waals surface area (Å²) in [7, 11) is 0.558. The van der Waals surface area contributed by atoms with Crippen molar-refractivity contribution in [3.05, 3.63) is 29.3 Å². The van der Waals surface area contributed by atoms with E-state index in [2.05, 4.69) is 10.5 Å². The van der Waals surface area contributed by atoms with E-state index in [1.54, 1.807) is 20.8 Å². The molecule has 8 heteroatoms. The molecule has 1 aromatic carbocycles. The van der Waals surface area contributed by atoms with Gasteiger partial charge in [-0.15, -0.1) is 0 Å². The Kier molecular flexibility index (Phi) is 5.51. The molecule has 0 aliphatic carbocycles. The van der Waals surface area contributed by atoms with Crippen LogP contribution in [0.1, 0.15) is 31.9 Å². The summed E-state index contributed by atoms with van der Waals surface area (Å²) in [5.74, 6) is -0.551. The molecule has 1 atom stereocenters. The second-order valence-electron chi connectivity index (χ2n) is 6.69. The van der Waals surface area contributed by atoms with Gasteiger partial charge in [-0.1, -0.05) is 18.2 Å². The van der Waals surface area contributed by atoms with Gasteiger partial charge in [-0.05, 0) is 37.4 Å². The molecule has 0 spiro atoms. The van der Waals surface area contributed by atoms with Crippen molar-refractivity contribution in [1.29, 1.82) is 0 Å². The second kappa shape index (κ2) is 7.23. The number of amides is 1. The van der Waals surface area contributed by atoms with Crippen LogP contribution >= 0.6 is 0 Å². The van der Waals surface area contributed by atoms with Gasteiger partial charge >= 0.3 is 19.1 Å². The predicted octanol–water partition coefficient (Wildman–Crippen LogP) is 0.0861. The highest BCUT2D eigenvalue weighted by molar-refractivity contribution is 6.65. The molecule has 0 bridgehead atoms. The summed E-state index contributed by atoms with van der Waals surface area (Å²) in [5.41, 5.74) is 1.92. The third-order valence-electron chi connectivity index (χ3n) is 3.68. The van der Waals surface area contributed by atoms with E-state index >= 15 is 0 Å². The van der Waals surface area contributed by atoms with Crippen molar-refractivity contribution in [2.45, 2.75) is 45.4 Å². The zero-order valence-electron chi connectivity index (χ0n) is 14.4. The molecule has 1 aromatic rings. The molecular formula is C16H23BN2O5. The van der Waals surface area contributed by atoms with Crippen LogP contribution in [-0.2, 0) is 27.2 Å². The van der Waals surface area contributed by atoms with Gasteiger partial charge in [0, 0.05) is 13.0 Å². The van der Waals surface area contributed by atoms with E-state index < -0.39 is 30.8 Å². The zero-order valence-corrected chi connectivity index (χ0v) is 14.4. The van der Waals surface area contributed by atoms with Gasteiger partial charge < -0.3 is 25.0 Å². The fourth-order valence-electron chi connectivity index (χ4n) is 2.63. The van der Waals surface area contributed by atoms with Gasteiger partial charge in [-0.3, -0.25) is 0 Å². The summed E-state index contributed by atoms with van der Waals surface area (Å²) in [5, 5.41) is 15.4. The standard InChI is InChI=1S/C16H23BN2O5/c1-16(2,3)24-15(21)19-13(14(20)23-4)8-10-6-5-7-12-11(10)9-18-17(12)22/h5-7,13,18,22H,8-9H2,1-4H3,(H,19,21)/t13-/m0/s1. The van der Waals surface area contributed by atoms with Gasteiger partial charge in [0.2, 0.25) is 0 Å². The molecule has 0 radical (unpaired) electrons. The molecule has 1 aliphatic heterocycles. The molecule has 24 heavy (non-hydrogen) atoms. The maximum Gasteiger partial charge on any atom is 0.413 e. The maximum absolute atomic E-state index is 12.0. The summed E-state index contributed by atoms with van der Waals surface area (Å²) in [6, 6.07) is 4.64. The second-order valence-corrected chi connectivity index (χ2v) is 6.69. The van der Waals surface area contributed by atoms with E-state index in [4.69, 9.17) is 9.47 Å². The third-order valence-corrected chi connectivity index (χ3v) is 3.68. The highest BCUT2D eigenvalue weighted by Gasteiger charge is 2.30. The summed E-state index contributed by atoms with van der Waals surface area (Å²) in [6.07, 6.45) is -0.424. The molecule has 0 fully saturated rings. The average molecular weight is 334 g/mol. The first kappa shape index (κ1) is 18.3. The van der Waals surface area contributed by atoms with Gasteiger partial charge in [-0.25, -0.2) is 9.59 Å². The highest BCUT2D eigenvalue weighted by Crippen LogP contribution is 2.15. The van der Waals surface area contributed by atoms with Crippen molar-refractivity contribution < 1.29 is 24.1 Å². The molecule has 0 saturated heterocycles. The Labute approximate surface area is 141 Å². The number of carbonyl (C=O) groups excluding carboxylic acids is 2. The Balaban J connectivity index is 2.16. The van der Waals surface area contributed by atoms with Crippen molar-refractivity contribution in [2.24, 2.45) is 0 Å². The molecule has 1 amide bonds. The predicted molar refractivity (Wildman–Crippen MR) is 89.8 cm³/mol. The quantitative estimate of drug-likeness (QED) is 0.533. The van der Waals surface area contributed by atoms with E-state index in [0.717, 1.165) is 16.6 Å². The van der Waals surface area contributed by atoms with E-state index in [0.29, 0.717) is 6.54 Å². The Bertz CT molecular complexity index is 629. The zero-order chi connectivity index (χ0) is 17.9. The first-order valence-electron chi connectivity index (χ1n) is 7.80. The molecule has 1 aliphatic rings. The van der Waals surface area contributed by atoms with Crippen molar-refractivity contribution >= 4 is 24.6 Å². The van der Waals surface area contributed by atoms with Crippen LogP contribution in [0.15, 0.2) is 18.2 Å². The number of esters is 1. The van der Waals surface area contributed by atoms with Gasteiger partial charge in [-0.2, -0.15) is 0 Å². The van der Waals surface area contributed by atoms with Crippen LogP contribution in [-0.4, -0.2) is 42.9 Å². The topological polar surface area (TPSA) is 96.9 Å². The average Bonchev–Trinajstić information content (AvgIpc) is 2.86. The molecule has 1 heterocycles. The number of hydrogen-bond acceptors (Lipinski definition) is 6. The van der Waals surface area contributed by atoms with Crippen LogP contribution in [0.2, 0.25) is 0 Å². The minimum absolute atomic E-state index is 0.253. The van der Waals surface area contributed by atoms with E-state index in [1.165, 1.54) is 7.11 Å². The lowest BCUT2D eigenvalue weighted by molar-refractivity contribution is -0.143. The van der Waals surface area contributed by atoms with Crippen molar-refractivity contribution in [3.8, 4) is 0 Å². The molecule has 130 valence electrons. The fourth-order valence-corrected chi connectivity index (χ4v) is 2.63. The number of rotatable bonds is 4. The Hall–Kier alpha value is -2.06. The molecule has 0 aromatic heterocycles.